The number of sulfonamides is 1. The van der Waals surface area contributed by atoms with Crippen LogP contribution in [0.25, 0.3) is 0 Å². The molecule has 0 amide bonds. The van der Waals surface area contributed by atoms with Crippen molar-refractivity contribution in [1.29, 1.82) is 0 Å². The fraction of sp³-hybridized carbons (Fsp3) is 0.571. The Morgan fingerprint density at radius 3 is 2.85 bits per heavy atom. The maximum Gasteiger partial charge on any atom is 0.244 e. The predicted octanol–water partition coefficient (Wildman–Crippen LogP) is 2.13. The van der Waals surface area contributed by atoms with Crippen molar-refractivity contribution in [2.24, 2.45) is 5.92 Å². The van der Waals surface area contributed by atoms with Gasteiger partial charge in [0, 0.05) is 23.6 Å². The lowest BCUT2D eigenvalue weighted by atomic mass is 9.94. The first-order valence-electron chi connectivity index (χ1n) is 6.98. The van der Waals surface area contributed by atoms with E-state index >= 15 is 0 Å². The topological polar surface area (TPSA) is 49.4 Å². The molecule has 1 aromatic carbocycles. The summed E-state index contributed by atoms with van der Waals surface area (Å²) in [5.41, 5.74) is 1.05. The van der Waals surface area contributed by atoms with Gasteiger partial charge in [0.2, 0.25) is 10.0 Å². The third kappa shape index (κ3) is 2.54. The molecule has 0 radical (unpaired) electrons. The highest BCUT2D eigenvalue weighted by Crippen LogP contribution is 2.32. The molecule has 2 fully saturated rings. The van der Waals surface area contributed by atoms with E-state index in [1.807, 2.05) is 19.1 Å². The minimum Gasteiger partial charge on any atom is -0.312 e. The molecule has 20 heavy (non-hydrogen) atoms. The summed E-state index contributed by atoms with van der Waals surface area (Å²) in [5, 5.41) is 3.44. The fourth-order valence-corrected chi connectivity index (χ4v) is 5.83. The Labute approximate surface area is 128 Å². The Balaban J connectivity index is 1.89. The molecule has 4 nitrogen and oxygen atoms in total. The van der Waals surface area contributed by atoms with Crippen molar-refractivity contribution < 1.29 is 8.42 Å². The van der Waals surface area contributed by atoms with Gasteiger partial charge in [0.15, 0.2) is 0 Å². The molecule has 2 heterocycles. The lowest BCUT2D eigenvalue weighted by Crippen LogP contribution is -2.41. The third-order valence-corrected chi connectivity index (χ3v) is 7.08. The van der Waals surface area contributed by atoms with Gasteiger partial charge in [0.25, 0.3) is 0 Å². The molecular formula is C14H19BrN2O2S. The average Bonchev–Trinajstić information content (AvgIpc) is 2.82. The van der Waals surface area contributed by atoms with Crippen LogP contribution in [0.5, 0.6) is 0 Å². The van der Waals surface area contributed by atoms with Crippen LogP contribution in [0.1, 0.15) is 18.4 Å². The number of benzene rings is 1. The summed E-state index contributed by atoms with van der Waals surface area (Å²) < 4.78 is 27.8. The molecule has 0 aliphatic carbocycles. The second-order valence-electron chi connectivity index (χ2n) is 5.72. The number of hydrogen-bond acceptors (Lipinski definition) is 3. The predicted molar refractivity (Wildman–Crippen MR) is 82.2 cm³/mol. The highest BCUT2D eigenvalue weighted by atomic mass is 79.9. The number of nitrogens with one attached hydrogen (secondary N) is 1. The van der Waals surface area contributed by atoms with Gasteiger partial charge >= 0.3 is 0 Å². The zero-order chi connectivity index (χ0) is 14.3. The van der Waals surface area contributed by atoms with E-state index in [0.717, 1.165) is 24.9 Å². The van der Waals surface area contributed by atoms with E-state index in [2.05, 4.69) is 21.2 Å². The Morgan fingerprint density at radius 1 is 1.35 bits per heavy atom. The van der Waals surface area contributed by atoms with Gasteiger partial charge in [0.1, 0.15) is 0 Å². The quantitative estimate of drug-likeness (QED) is 0.880. The summed E-state index contributed by atoms with van der Waals surface area (Å²) in [7, 11) is -3.40. The number of fused-ring (bicyclic) bond motifs is 1. The van der Waals surface area contributed by atoms with Gasteiger partial charge in [-0.25, -0.2) is 8.42 Å². The molecule has 0 spiro atoms. The second kappa shape index (κ2) is 5.40. The van der Waals surface area contributed by atoms with E-state index in [4.69, 9.17) is 0 Å². The Kier molecular flexibility index (Phi) is 3.92. The SMILES string of the molecule is Cc1ccc(S(=O)(=O)N2CC3CCCNC3C2)c(Br)c1. The van der Waals surface area contributed by atoms with Gasteiger partial charge in [0.05, 0.1) is 4.90 Å². The molecule has 2 atom stereocenters. The molecule has 0 bridgehead atoms. The number of halogens is 1. The lowest BCUT2D eigenvalue weighted by molar-refractivity contribution is 0.339. The Bertz CT molecular complexity index is 604. The van der Waals surface area contributed by atoms with Crippen LogP contribution in [0.4, 0.5) is 0 Å². The van der Waals surface area contributed by atoms with Crippen LogP contribution < -0.4 is 5.32 Å². The fourth-order valence-electron chi connectivity index (χ4n) is 3.16. The maximum absolute atomic E-state index is 12.8. The maximum atomic E-state index is 12.8. The summed E-state index contributed by atoms with van der Waals surface area (Å²) in [6, 6.07) is 5.72. The van der Waals surface area contributed by atoms with Crippen LogP contribution in [0.3, 0.4) is 0 Å². The van der Waals surface area contributed by atoms with Crippen molar-refractivity contribution in [2.75, 3.05) is 19.6 Å². The van der Waals surface area contributed by atoms with Crippen molar-refractivity contribution in [2.45, 2.75) is 30.7 Å². The summed E-state index contributed by atoms with van der Waals surface area (Å²) in [4.78, 5) is 0.377. The van der Waals surface area contributed by atoms with Crippen LogP contribution in [0.15, 0.2) is 27.6 Å². The third-order valence-electron chi connectivity index (χ3n) is 4.27. The second-order valence-corrected chi connectivity index (χ2v) is 8.48. The van der Waals surface area contributed by atoms with Gasteiger partial charge in [-0.3, -0.25) is 0 Å². The van der Waals surface area contributed by atoms with Crippen molar-refractivity contribution >= 4 is 26.0 Å². The smallest absolute Gasteiger partial charge is 0.244 e. The zero-order valence-electron chi connectivity index (χ0n) is 11.5. The molecule has 0 aromatic heterocycles. The van der Waals surface area contributed by atoms with Gasteiger partial charge in [-0.1, -0.05) is 6.07 Å². The van der Waals surface area contributed by atoms with E-state index in [9.17, 15) is 8.42 Å². The molecule has 2 aliphatic rings. The van der Waals surface area contributed by atoms with Crippen molar-refractivity contribution in [3.05, 3.63) is 28.2 Å². The molecule has 110 valence electrons. The summed E-state index contributed by atoms with van der Waals surface area (Å²) in [6.45, 7) is 4.19. The molecule has 0 saturated carbocycles. The first kappa shape index (κ1) is 14.5. The van der Waals surface area contributed by atoms with E-state index in [-0.39, 0.29) is 0 Å². The van der Waals surface area contributed by atoms with Crippen molar-refractivity contribution in [1.82, 2.24) is 9.62 Å². The van der Waals surface area contributed by atoms with Gasteiger partial charge < -0.3 is 5.32 Å². The summed E-state index contributed by atoms with van der Waals surface area (Å²) >= 11 is 3.39. The molecule has 2 unspecified atom stereocenters. The van der Waals surface area contributed by atoms with Crippen molar-refractivity contribution in [3.63, 3.8) is 0 Å². The minimum atomic E-state index is -3.40. The van der Waals surface area contributed by atoms with Gasteiger partial charge in [-0.2, -0.15) is 4.31 Å². The standard InChI is InChI=1S/C14H19BrN2O2S/c1-10-4-5-14(12(15)7-10)20(18,19)17-8-11-3-2-6-16-13(11)9-17/h4-5,7,11,13,16H,2-3,6,8-9H2,1H3. The van der Waals surface area contributed by atoms with Crippen LogP contribution in [-0.2, 0) is 10.0 Å². The summed E-state index contributed by atoms with van der Waals surface area (Å²) in [6.07, 6.45) is 2.27. The highest BCUT2D eigenvalue weighted by molar-refractivity contribution is 9.10. The molecule has 6 heteroatoms. The lowest BCUT2D eigenvalue weighted by Gasteiger charge is -2.24. The highest BCUT2D eigenvalue weighted by Gasteiger charge is 2.40. The first-order chi connectivity index (χ1) is 9.48. The molecule has 3 rings (SSSR count). The number of rotatable bonds is 2. The monoisotopic (exact) mass is 358 g/mol. The van der Waals surface area contributed by atoms with Crippen LogP contribution in [0.2, 0.25) is 0 Å². The molecule has 2 saturated heterocycles. The largest absolute Gasteiger partial charge is 0.312 e. The van der Waals surface area contributed by atoms with Crippen LogP contribution in [0, 0.1) is 12.8 Å². The first-order valence-corrected chi connectivity index (χ1v) is 9.21. The van der Waals surface area contributed by atoms with Crippen molar-refractivity contribution in [3.8, 4) is 0 Å². The number of piperidine rings is 1. The molecule has 1 N–H and O–H groups in total. The Hall–Kier alpha value is -0.430. The normalized spacial score (nSPS) is 27.5. The van der Waals surface area contributed by atoms with Gasteiger partial charge in [-0.05, 0) is 65.9 Å². The average molecular weight is 359 g/mol. The molecule has 1 aromatic rings. The van der Waals surface area contributed by atoms with Crippen LogP contribution >= 0.6 is 15.9 Å². The number of nitrogens with zero attached hydrogens (tertiary/aromatic N) is 1. The van der Waals surface area contributed by atoms with E-state index in [1.54, 1.807) is 10.4 Å². The number of aryl methyl sites for hydroxylation is 1. The van der Waals surface area contributed by atoms with E-state index in [0.29, 0.717) is 34.4 Å². The summed E-state index contributed by atoms with van der Waals surface area (Å²) in [5.74, 6) is 0.461. The van der Waals surface area contributed by atoms with Crippen LogP contribution in [-0.4, -0.2) is 38.4 Å². The van der Waals surface area contributed by atoms with E-state index in [1.165, 1.54) is 0 Å². The zero-order valence-corrected chi connectivity index (χ0v) is 13.9. The minimum absolute atomic E-state index is 0.322. The molecular weight excluding hydrogens is 340 g/mol. The number of hydrogen-bond donors (Lipinski definition) is 1. The Morgan fingerprint density at radius 2 is 2.15 bits per heavy atom. The van der Waals surface area contributed by atoms with E-state index < -0.39 is 10.0 Å². The van der Waals surface area contributed by atoms with Gasteiger partial charge in [-0.15, -0.1) is 0 Å². The molecule has 2 aliphatic heterocycles.